The van der Waals surface area contributed by atoms with E-state index in [9.17, 15) is 0 Å². The highest BCUT2D eigenvalue weighted by Crippen LogP contribution is 2.20. The predicted octanol–water partition coefficient (Wildman–Crippen LogP) is 2.26. The number of thiazole rings is 1. The topological polar surface area (TPSA) is 80.0 Å². The smallest absolute Gasteiger partial charge is 0.191 e. The summed E-state index contributed by atoms with van der Waals surface area (Å²) in [6.07, 6.45) is 5.57. The van der Waals surface area contributed by atoms with Crippen LogP contribution in [0.2, 0.25) is 0 Å². The molecule has 0 aliphatic rings. The van der Waals surface area contributed by atoms with E-state index in [0.717, 1.165) is 54.4 Å². The molecule has 0 aromatic carbocycles. The fourth-order valence-electron chi connectivity index (χ4n) is 1.97. The lowest BCUT2D eigenvalue weighted by molar-refractivity contribution is 0.632. The van der Waals surface area contributed by atoms with Crippen LogP contribution in [0.15, 0.2) is 27.2 Å². The summed E-state index contributed by atoms with van der Waals surface area (Å²) >= 11 is 3.48. The van der Waals surface area contributed by atoms with Gasteiger partial charge in [0.1, 0.15) is 16.5 Å². The van der Waals surface area contributed by atoms with Crippen molar-refractivity contribution in [1.82, 2.24) is 30.4 Å². The Morgan fingerprint density at radius 3 is 2.92 bits per heavy atom. The quantitative estimate of drug-likeness (QED) is 0.188. The van der Waals surface area contributed by atoms with Crippen LogP contribution in [0, 0.1) is 0 Å². The molecule has 0 fully saturated rings. The van der Waals surface area contributed by atoms with Crippen molar-refractivity contribution >= 4 is 53.0 Å². The van der Waals surface area contributed by atoms with Crippen molar-refractivity contribution in [2.24, 2.45) is 4.99 Å². The number of hydrogen-bond donors (Lipinski definition) is 2. The van der Waals surface area contributed by atoms with Crippen LogP contribution in [0.1, 0.15) is 19.2 Å². The third kappa shape index (κ3) is 7.34. The maximum absolute atomic E-state index is 4.26. The fraction of sp³-hybridized carbons (Fsp3) is 0.571. The van der Waals surface area contributed by atoms with Gasteiger partial charge in [0, 0.05) is 50.4 Å². The average Bonchev–Trinajstić information content (AvgIpc) is 3.24. The second-order valence-electron chi connectivity index (χ2n) is 4.72. The molecule has 2 N–H and O–H groups in total. The zero-order chi connectivity index (χ0) is 16.3. The van der Waals surface area contributed by atoms with E-state index >= 15 is 0 Å². The van der Waals surface area contributed by atoms with E-state index in [1.807, 2.05) is 11.6 Å². The van der Waals surface area contributed by atoms with Crippen LogP contribution in [0.3, 0.4) is 0 Å². The van der Waals surface area contributed by atoms with E-state index in [1.165, 1.54) is 0 Å². The van der Waals surface area contributed by atoms with Gasteiger partial charge in [-0.15, -0.1) is 45.5 Å². The van der Waals surface area contributed by atoms with Crippen LogP contribution in [-0.2, 0) is 13.0 Å². The molecular weight excluding hydrogens is 457 g/mol. The van der Waals surface area contributed by atoms with Crippen LogP contribution in [-0.4, -0.2) is 51.6 Å². The van der Waals surface area contributed by atoms with Crippen LogP contribution < -0.4 is 10.6 Å². The number of rotatable bonds is 9. The van der Waals surface area contributed by atoms with Crippen molar-refractivity contribution in [2.45, 2.75) is 30.6 Å². The predicted molar refractivity (Wildman–Crippen MR) is 112 cm³/mol. The maximum atomic E-state index is 4.26. The second kappa shape index (κ2) is 12.5. The molecule has 7 nitrogen and oxygen atoms in total. The van der Waals surface area contributed by atoms with Gasteiger partial charge in [0.05, 0.1) is 0 Å². The van der Waals surface area contributed by atoms with Gasteiger partial charge in [-0.2, -0.15) is 0 Å². The number of nitrogens with one attached hydrogen (secondary N) is 2. The first-order chi connectivity index (χ1) is 11.3. The SMILES string of the molecule is CCc1nncn1CCNC(=NC)NCCCSc1nccs1.I. The molecule has 0 unspecified atom stereocenters. The van der Waals surface area contributed by atoms with Crippen molar-refractivity contribution in [3.05, 3.63) is 23.7 Å². The molecule has 0 aliphatic heterocycles. The third-order valence-electron chi connectivity index (χ3n) is 3.13. The molecule has 0 saturated carbocycles. The highest BCUT2D eigenvalue weighted by molar-refractivity contribution is 14.0. The van der Waals surface area contributed by atoms with Gasteiger partial charge in [-0.25, -0.2) is 4.98 Å². The summed E-state index contributed by atoms with van der Waals surface area (Å²) in [5.74, 6) is 2.89. The average molecular weight is 481 g/mol. The maximum Gasteiger partial charge on any atom is 0.191 e. The number of halogens is 1. The summed E-state index contributed by atoms with van der Waals surface area (Å²) in [7, 11) is 1.79. The Morgan fingerprint density at radius 2 is 2.21 bits per heavy atom. The fourth-order valence-corrected chi connectivity index (χ4v) is 3.62. The van der Waals surface area contributed by atoms with Gasteiger partial charge < -0.3 is 15.2 Å². The Hall–Kier alpha value is -0.880. The van der Waals surface area contributed by atoms with Gasteiger partial charge in [-0.3, -0.25) is 4.99 Å². The minimum atomic E-state index is 0. The number of hydrogen-bond acceptors (Lipinski definition) is 6. The van der Waals surface area contributed by atoms with Crippen LogP contribution in [0.5, 0.6) is 0 Å². The zero-order valence-electron chi connectivity index (χ0n) is 13.9. The number of nitrogens with zero attached hydrogens (tertiary/aromatic N) is 5. The van der Waals surface area contributed by atoms with Crippen molar-refractivity contribution in [1.29, 1.82) is 0 Å². The lowest BCUT2D eigenvalue weighted by atomic mass is 10.4. The molecule has 0 atom stereocenters. The molecule has 0 saturated heterocycles. The van der Waals surface area contributed by atoms with Crippen LogP contribution in [0.25, 0.3) is 0 Å². The Kier molecular flexibility index (Phi) is 11.0. The second-order valence-corrected chi connectivity index (χ2v) is 6.96. The van der Waals surface area contributed by atoms with E-state index in [4.69, 9.17) is 0 Å². The number of aliphatic imine (C=N–C) groups is 1. The van der Waals surface area contributed by atoms with Crippen molar-refractivity contribution in [3.8, 4) is 0 Å². The number of guanidine groups is 1. The van der Waals surface area contributed by atoms with Crippen molar-refractivity contribution in [3.63, 3.8) is 0 Å². The van der Waals surface area contributed by atoms with Gasteiger partial charge >= 0.3 is 0 Å². The first-order valence-electron chi connectivity index (χ1n) is 7.67. The summed E-state index contributed by atoms with van der Waals surface area (Å²) in [5, 5.41) is 16.7. The van der Waals surface area contributed by atoms with Gasteiger partial charge in [0.15, 0.2) is 5.96 Å². The highest BCUT2D eigenvalue weighted by atomic mass is 127. The summed E-state index contributed by atoms with van der Waals surface area (Å²) in [6, 6.07) is 0. The standard InChI is InChI=1S/C14H23N7S2.HI/c1-3-12-20-19-11-21(12)8-6-17-13(15-2)16-5-4-9-22-14-18-7-10-23-14;/h7,10-11H,3-6,8-9H2,1-2H3,(H2,15,16,17);1H. The van der Waals surface area contributed by atoms with E-state index in [-0.39, 0.29) is 24.0 Å². The Labute approximate surface area is 168 Å². The van der Waals surface area contributed by atoms with Crippen LogP contribution >= 0.6 is 47.1 Å². The van der Waals surface area contributed by atoms with Gasteiger partial charge in [0.25, 0.3) is 0 Å². The lowest BCUT2D eigenvalue weighted by Crippen LogP contribution is -2.39. The van der Waals surface area contributed by atoms with Gasteiger partial charge in [-0.1, -0.05) is 18.7 Å². The molecule has 134 valence electrons. The first kappa shape index (κ1) is 21.2. The summed E-state index contributed by atoms with van der Waals surface area (Å²) in [6.45, 7) is 4.60. The van der Waals surface area contributed by atoms with Crippen LogP contribution in [0.4, 0.5) is 0 Å². The molecule has 10 heteroatoms. The summed E-state index contributed by atoms with van der Waals surface area (Å²) in [4.78, 5) is 8.49. The molecule has 0 bridgehead atoms. The Balaban J connectivity index is 0.00000288. The summed E-state index contributed by atoms with van der Waals surface area (Å²) < 4.78 is 3.19. The number of thioether (sulfide) groups is 1. The first-order valence-corrected chi connectivity index (χ1v) is 9.53. The molecular formula is C14H24IN7S2. The molecule has 0 aliphatic carbocycles. The van der Waals surface area contributed by atoms with E-state index in [0.29, 0.717) is 0 Å². The molecule has 2 heterocycles. The minimum absolute atomic E-state index is 0. The Bertz CT molecular complexity index is 586. The van der Waals surface area contributed by atoms with Crippen molar-refractivity contribution in [2.75, 3.05) is 25.9 Å². The molecule has 24 heavy (non-hydrogen) atoms. The van der Waals surface area contributed by atoms with Crippen molar-refractivity contribution < 1.29 is 0 Å². The lowest BCUT2D eigenvalue weighted by Gasteiger charge is -2.12. The minimum Gasteiger partial charge on any atom is -0.356 e. The zero-order valence-corrected chi connectivity index (χ0v) is 17.9. The molecule has 2 aromatic rings. The van der Waals surface area contributed by atoms with E-state index in [2.05, 4.69) is 42.3 Å². The van der Waals surface area contributed by atoms with Gasteiger partial charge in [0.2, 0.25) is 0 Å². The molecule has 2 aromatic heterocycles. The monoisotopic (exact) mass is 481 g/mol. The highest BCUT2D eigenvalue weighted by Gasteiger charge is 2.02. The van der Waals surface area contributed by atoms with E-state index in [1.54, 1.807) is 36.5 Å². The van der Waals surface area contributed by atoms with Gasteiger partial charge in [-0.05, 0) is 6.42 Å². The largest absolute Gasteiger partial charge is 0.356 e. The molecule has 0 amide bonds. The number of aromatic nitrogens is 4. The Morgan fingerprint density at radius 1 is 1.38 bits per heavy atom. The molecule has 0 radical (unpaired) electrons. The summed E-state index contributed by atoms with van der Waals surface area (Å²) in [5.41, 5.74) is 0. The molecule has 0 spiro atoms. The molecule has 2 rings (SSSR count). The normalized spacial score (nSPS) is 11.2. The number of aryl methyl sites for hydroxylation is 1. The van der Waals surface area contributed by atoms with E-state index < -0.39 is 0 Å². The third-order valence-corrected chi connectivity index (χ3v) is 5.18.